The number of hydrogen-bond donors (Lipinski definition) is 2. The molecule has 0 aromatic carbocycles. The third-order valence-electron chi connectivity index (χ3n) is 3.03. The molecule has 0 amide bonds. The van der Waals surface area contributed by atoms with E-state index in [-0.39, 0.29) is 0 Å². The highest BCUT2D eigenvalue weighted by molar-refractivity contribution is 5.57. The first-order valence-electron chi connectivity index (χ1n) is 7.17. The summed E-state index contributed by atoms with van der Waals surface area (Å²) in [6, 6.07) is 1.95. The molecule has 2 aromatic rings. The Hall–Kier alpha value is -2.04. The van der Waals surface area contributed by atoms with E-state index >= 15 is 0 Å². The molecular weight excluding hydrogens is 252 g/mol. The molecule has 0 saturated carbocycles. The van der Waals surface area contributed by atoms with Gasteiger partial charge in [-0.3, -0.25) is 0 Å². The number of hydrogen-bond acceptors (Lipinski definition) is 5. The first-order chi connectivity index (χ1) is 9.85. The van der Waals surface area contributed by atoms with Crippen LogP contribution in [0.3, 0.4) is 0 Å². The number of nitrogens with zero attached hydrogens (tertiary/aromatic N) is 2. The van der Waals surface area contributed by atoms with Crippen molar-refractivity contribution in [2.45, 2.75) is 39.7 Å². The maximum absolute atomic E-state index is 5.07. The Morgan fingerprint density at radius 1 is 1.10 bits per heavy atom. The lowest BCUT2D eigenvalue weighted by Crippen LogP contribution is -2.10. The molecule has 0 aliphatic rings. The van der Waals surface area contributed by atoms with Crippen molar-refractivity contribution in [3.05, 3.63) is 36.0 Å². The van der Waals surface area contributed by atoms with Gasteiger partial charge in [-0.1, -0.05) is 20.3 Å². The Morgan fingerprint density at radius 3 is 2.55 bits per heavy atom. The first kappa shape index (κ1) is 14.4. The van der Waals surface area contributed by atoms with Gasteiger partial charge in [-0.15, -0.1) is 0 Å². The molecule has 0 fully saturated rings. The maximum atomic E-state index is 5.07. The van der Waals surface area contributed by atoms with Crippen molar-refractivity contribution in [1.82, 2.24) is 9.97 Å². The predicted octanol–water partition coefficient (Wildman–Crippen LogP) is 3.46. The fraction of sp³-hybridized carbons (Fsp3) is 0.467. The molecule has 5 heteroatoms. The normalized spacial score (nSPS) is 10.5. The van der Waals surface area contributed by atoms with Gasteiger partial charge < -0.3 is 15.1 Å². The summed E-state index contributed by atoms with van der Waals surface area (Å²) in [5.74, 6) is 1.85. The van der Waals surface area contributed by atoms with Crippen molar-refractivity contribution in [1.29, 1.82) is 0 Å². The van der Waals surface area contributed by atoms with Crippen LogP contribution in [0, 0.1) is 0 Å². The van der Waals surface area contributed by atoms with Gasteiger partial charge in [0.25, 0.3) is 0 Å². The minimum absolute atomic E-state index is 0.706. The van der Waals surface area contributed by atoms with Crippen LogP contribution in [0.2, 0.25) is 0 Å². The number of nitrogens with one attached hydrogen (secondary N) is 2. The number of anilines is 2. The summed E-state index contributed by atoms with van der Waals surface area (Å²) in [5.41, 5.74) is 2.26. The number of aromatic nitrogens is 2. The van der Waals surface area contributed by atoms with E-state index in [1.165, 1.54) is 0 Å². The lowest BCUT2D eigenvalue weighted by Gasteiger charge is -2.14. The summed E-state index contributed by atoms with van der Waals surface area (Å²) < 4.78 is 5.07. The molecule has 108 valence electrons. The number of rotatable bonds is 8. The highest BCUT2D eigenvalue weighted by atomic mass is 16.3. The summed E-state index contributed by atoms with van der Waals surface area (Å²) in [7, 11) is 0. The predicted molar refractivity (Wildman–Crippen MR) is 80.8 cm³/mol. The third-order valence-corrected chi connectivity index (χ3v) is 3.03. The molecule has 2 N–H and O–H groups in total. The zero-order valence-electron chi connectivity index (χ0n) is 12.1. The lowest BCUT2D eigenvalue weighted by atomic mass is 10.1. The monoisotopic (exact) mass is 274 g/mol. The van der Waals surface area contributed by atoms with Crippen LogP contribution in [-0.2, 0) is 13.0 Å². The molecule has 0 radical (unpaired) electrons. The van der Waals surface area contributed by atoms with E-state index < -0.39 is 0 Å². The minimum Gasteiger partial charge on any atom is -0.472 e. The molecule has 0 bridgehead atoms. The minimum atomic E-state index is 0.706. The Morgan fingerprint density at radius 2 is 1.90 bits per heavy atom. The molecule has 2 heterocycles. The van der Waals surface area contributed by atoms with Gasteiger partial charge in [0, 0.05) is 24.2 Å². The molecule has 0 spiro atoms. The molecule has 0 aliphatic heterocycles. The van der Waals surface area contributed by atoms with Crippen LogP contribution in [0.4, 0.5) is 11.6 Å². The largest absolute Gasteiger partial charge is 0.472 e. The quantitative estimate of drug-likeness (QED) is 0.772. The van der Waals surface area contributed by atoms with E-state index in [9.17, 15) is 0 Å². The first-order valence-corrected chi connectivity index (χ1v) is 7.17. The Labute approximate surface area is 119 Å². The average Bonchev–Trinajstić information content (AvgIpc) is 2.98. The van der Waals surface area contributed by atoms with Crippen molar-refractivity contribution < 1.29 is 4.42 Å². The highest BCUT2D eigenvalue weighted by Crippen LogP contribution is 2.22. The standard InChI is InChI=1S/C15H22N4O/c1-3-5-13-14(16-7-4-2)18-11-19-15(13)17-9-12-6-8-20-10-12/h6,8,10-11H,3-5,7,9H2,1-2H3,(H2,16,17,18,19). The Kier molecular flexibility index (Phi) is 5.41. The number of furan rings is 1. The van der Waals surface area contributed by atoms with Crippen molar-refractivity contribution >= 4 is 11.6 Å². The van der Waals surface area contributed by atoms with E-state index in [2.05, 4.69) is 34.4 Å². The summed E-state index contributed by atoms with van der Waals surface area (Å²) in [4.78, 5) is 8.73. The van der Waals surface area contributed by atoms with E-state index in [1.54, 1.807) is 18.9 Å². The average molecular weight is 274 g/mol. The summed E-state index contributed by atoms with van der Waals surface area (Å²) in [6.45, 7) is 5.94. The van der Waals surface area contributed by atoms with Gasteiger partial charge in [0.05, 0.1) is 12.5 Å². The van der Waals surface area contributed by atoms with Crippen LogP contribution in [0.5, 0.6) is 0 Å². The van der Waals surface area contributed by atoms with Gasteiger partial charge in [-0.2, -0.15) is 0 Å². The summed E-state index contributed by atoms with van der Waals surface area (Å²) in [6.07, 6.45) is 8.12. The second kappa shape index (κ2) is 7.53. The van der Waals surface area contributed by atoms with Gasteiger partial charge in [-0.05, 0) is 18.9 Å². The van der Waals surface area contributed by atoms with Crippen molar-refractivity contribution in [2.75, 3.05) is 17.2 Å². The van der Waals surface area contributed by atoms with E-state index in [0.717, 1.165) is 48.6 Å². The van der Waals surface area contributed by atoms with Gasteiger partial charge in [0.15, 0.2) is 0 Å². The topological polar surface area (TPSA) is 63.0 Å². The van der Waals surface area contributed by atoms with E-state index in [0.29, 0.717) is 6.54 Å². The van der Waals surface area contributed by atoms with Crippen LogP contribution in [-0.4, -0.2) is 16.5 Å². The van der Waals surface area contributed by atoms with Crippen LogP contribution < -0.4 is 10.6 Å². The molecule has 0 unspecified atom stereocenters. The van der Waals surface area contributed by atoms with Crippen LogP contribution in [0.1, 0.15) is 37.8 Å². The van der Waals surface area contributed by atoms with Crippen LogP contribution in [0.25, 0.3) is 0 Å². The molecule has 0 aliphatic carbocycles. The maximum Gasteiger partial charge on any atom is 0.134 e. The highest BCUT2D eigenvalue weighted by Gasteiger charge is 2.10. The Bertz CT molecular complexity index is 511. The summed E-state index contributed by atoms with van der Waals surface area (Å²) in [5, 5.41) is 6.74. The zero-order chi connectivity index (χ0) is 14.2. The fourth-order valence-electron chi connectivity index (χ4n) is 2.03. The molecule has 0 atom stereocenters. The van der Waals surface area contributed by atoms with E-state index in [4.69, 9.17) is 4.42 Å². The molecule has 5 nitrogen and oxygen atoms in total. The lowest BCUT2D eigenvalue weighted by molar-refractivity contribution is 0.564. The van der Waals surface area contributed by atoms with Crippen molar-refractivity contribution in [3.63, 3.8) is 0 Å². The zero-order valence-corrected chi connectivity index (χ0v) is 12.1. The van der Waals surface area contributed by atoms with Crippen molar-refractivity contribution in [2.24, 2.45) is 0 Å². The fourth-order valence-corrected chi connectivity index (χ4v) is 2.03. The second-order valence-electron chi connectivity index (χ2n) is 4.71. The molecule has 20 heavy (non-hydrogen) atoms. The van der Waals surface area contributed by atoms with Gasteiger partial charge in [0.2, 0.25) is 0 Å². The third kappa shape index (κ3) is 3.73. The second-order valence-corrected chi connectivity index (χ2v) is 4.71. The Balaban J connectivity index is 2.13. The van der Waals surface area contributed by atoms with Crippen molar-refractivity contribution in [3.8, 4) is 0 Å². The molecule has 2 aromatic heterocycles. The summed E-state index contributed by atoms with van der Waals surface area (Å²) >= 11 is 0. The van der Waals surface area contributed by atoms with Crippen LogP contribution in [0.15, 0.2) is 29.3 Å². The smallest absolute Gasteiger partial charge is 0.134 e. The van der Waals surface area contributed by atoms with Gasteiger partial charge in [0.1, 0.15) is 18.0 Å². The molecule has 0 saturated heterocycles. The van der Waals surface area contributed by atoms with Crippen LogP contribution >= 0.6 is 0 Å². The van der Waals surface area contributed by atoms with Gasteiger partial charge >= 0.3 is 0 Å². The van der Waals surface area contributed by atoms with E-state index in [1.807, 2.05) is 6.07 Å². The van der Waals surface area contributed by atoms with Gasteiger partial charge in [-0.25, -0.2) is 9.97 Å². The molecular formula is C15H22N4O. The molecule has 2 rings (SSSR count). The SMILES string of the molecule is CCCNc1ncnc(NCc2ccoc2)c1CCC.